The highest BCUT2D eigenvalue weighted by atomic mass is 19.4. The van der Waals surface area contributed by atoms with Crippen LogP contribution in [0.5, 0.6) is 0 Å². The van der Waals surface area contributed by atoms with Crippen molar-refractivity contribution >= 4 is 0 Å². The van der Waals surface area contributed by atoms with Crippen molar-refractivity contribution in [3.63, 3.8) is 0 Å². The summed E-state index contributed by atoms with van der Waals surface area (Å²) in [5, 5.41) is 3.73. The summed E-state index contributed by atoms with van der Waals surface area (Å²) in [6.45, 7) is 3.77. The van der Waals surface area contributed by atoms with Gasteiger partial charge in [0.15, 0.2) is 5.82 Å². The fourth-order valence-electron chi connectivity index (χ4n) is 2.56. The molecule has 3 rings (SSSR count). The van der Waals surface area contributed by atoms with Gasteiger partial charge < -0.3 is 9.26 Å². The van der Waals surface area contributed by atoms with Gasteiger partial charge in [-0.05, 0) is 24.6 Å². The summed E-state index contributed by atoms with van der Waals surface area (Å²) in [4.78, 5) is 6.17. The fraction of sp³-hybridized carbons (Fsp3) is 0.467. The monoisotopic (exact) mass is 327 g/mol. The number of hydrogen-bond acceptors (Lipinski definition) is 5. The first-order chi connectivity index (χ1) is 10.9. The third kappa shape index (κ3) is 3.89. The summed E-state index contributed by atoms with van der Waals surface area (Å²) in [6.07, 6.45) is -4.76. The summed E-state index contributed by atoms with van der Waals surface area (Å²) >= 11 is 0. The number of hydrogen-bond donors (Lipinski definition) is 0. The number of aromatic nitrogens is 2. The van der Waals surface area contributed by atoms with E-state index in [1.165, 1.54) is 6.07 Å². The predicted molar refractivity (Wildman–Crippen MR) is 74.4 cm³/mol. The molecule has 23 heavy (non-hydrogen) atoms. The van der Waals surface area contributed by atoms with Crippen molar-refractivity contribution in [1.82, 2.24) is 15.0 Å². The molecular formula is C15H16F3N3O2. The average molecular weight is 327 g/mol. The maximum atomic E-state index is 12.8. The third-order valence-electron chi connectivity index (χ3n) is 3.66. The van der Waals surface area contributed by atoms with E-state index in [1.54, 1.807) is 13.0 Å². The highest BCUT2D eigenvalue weighted by Crippen LogP contribution is 2.32. The van der Waals surface area contributed by atoms with Crippen molar-refractivity contribution in [2.45, 2.75) is 25.7 Å². The van der Waals surface area contributed by atoms with E-state index >= 15 is 0 Å². The van der Waals surface area contributed by atoms with Gasteiger partial charge in [-0.3, -0.25) is 4.90 Å². The van der Waals surface area contributed by atoms with Crippen molar-refractivity contribution in [2.75, 3.05) is 19.7 Å². The molecule has 0 N–H and O–H groups in total. The summed E-state index contributed by atoms with van der Waals surface area (Å²) < 4.78 is 49.2. The van der Waals surface area contributed by atoms with Gasteiger partial charge >= 0.3 is 6.18 Å². The highest BCUT2D eigenvalue weighted by Gasteiger charge is 2.32. The van der Waals surface area contributed by atoms with Gasteiger partial charge in [-0.1, -0.05) is 17.3 Å². The lowest BCUT2D eigenvalue weighted by atomic mass is 10.0. The van der Waals surface area contributed by atoms with E-state index < -0.39 is 17.8 Å². The number of alkyl halides is 3. The topological polar surface area (TPSA) is 51.4 Å². The molecule has 1 aromatic carbocycles. The van der Waals surface area contributed by atoms with Crippen LogP contribution in [0.4, 0.5) is 13.2 Å². The van der Waals surface area contributed by atoms with Gasteiger partial charge in [-0.15, -0.1) is 0 Å². The van der Waals surface area contributed by atoms with Crippen molar-refractivity contribution in [3.05, 3.63) is 47.1 Å². The molecule has 1 aliphatic heterocycles. The lowest BCUT2D eigenvalue weighted by molar-refractivity contribution is -0.137. The Morgan fingerprint density at radius 3 is 2.87 bits per heavy atom. The smallest absolute Gasteiger partial charge is 0.371 e. The average Bonchev–Trinajstić information content (AvgIpc) is 2.92. The van der Waals surface area contributed by atoms with Gasteiger partial charge in [0.2, 0.25) is 5.89 Å². The van der Waals surface area contributed by atoms with Crippen LogP contribution in [0.1, 0.15) is 28.9 Å². The molecule has 1 aliphatic rings. The zero-order valence-electron chi connectivity index (χ0n) is 12.5. The Bertz CT molecular complexity index is 672. The molecule has 0 aliphatic carbocycles. The molecule has 124 valence electrons. The van der Waals surface area contributed by atoms with Crippen molar-refractivity contribution in [2.24, 2.45) is 0 Å². The molecule has 2 heterocycles. The van der Waals surface area contributed by atoms with Crippen LogP contribution in [0.25, 0.3) is 0 Å². The third-order valence-corrected chi connectivity index (χ3v) is 3.66. The minimum Gasteiger partial charge on any atom is -0.371 e. The lowest BCUT2D eigenvalue weighted by Gasteiger charge is -2.32. The molecule has 5 nitrogen and oxygen atoms in total. The van der Waals surface area contributed by atoms with E-state index in [9.17, 15) is 13.2 Å². The molecule has 1 fully saturated rings. The summed E-state index contributed by atoms with van der Waals surface area (Å²) in [7, 11) is 0. The molecule has 0 bridgehead atoms. The quantitative estimate of drug-likeness (QED) is 0.867. The van der Waals surface area contributed by atoms with Gasteiger partial charge in [0.05, 0.1) is 24.8 Å². The second kappa shape index (κ2) is 6.29. The van der Waals surface area contributed by atoms with Gasteiger partial charge in [0.25, 0.3) is 0 Å². The first kappa shape index (κ1) is 15.9. The minimum atomic E-state index is -4.36. The lowest BCUT2D eigenvalue weighted by Crippen LogP contribution is -2.38. The molecule has 0 radical (unpaired) electrons. The van der Waals surface area contributed by atoms with E-state index in [1.807, 2.05) is 4.90 Å². The molecule has 0 unspecified atom stereocenters. The Balaban J connectivity index is 1.71. The number of benzene rings is 1. The van der Waals surface area contributed by atoms with Gasteiger partial charge in [0, 0.05) is 13.1 Å². The Morgan fingerprint density at radius 2 is 2.17 bits per heavy atom. The molecular weight excluding hydrogens is 311 g/mol. The SMILES string of the molecule is Cc1noc(CN2CCO[C@H](c3cccc(C(F)(F)F)c3)C2)n1. The second-order valence-electron chi connectivity index (χ2n) is 5.45. The Hall–Kier alpha value is -1.93. The standard InChI is InChI=1S/C15H16F3N3O2/c1-10-19-14(23-20-10)9-21-5-6-22-13(8-21)11-3-2-4-12(7-11)15(16,17)18/h2-4,7,13H,5-6,8-9H2,1H3/t13-/m0/s1. The normalized spacial score (nSPS) is 19.9. The molecule has 1 aromatic heterocycles. The molecule has 1 atom stereocenters. The fourth-order valence-corrected chi connectivity index (χ4v) is 2.56. The van der Waals surface area contributed by atoms with Crippen LogP contribution in [0.15, 0.2) is 28.8 Å². The van der Waals surface area contributed by atoms with E-state index in [0.717, 1.165) is 12.1 Å². The van der Waals surface area contributed by atoms with Crippen LogP contribution in [-0.4, -0.2) is 34.7 Å². The molecule has 8 heteroatoms. The van der Waals surface area contributed by atoms with Crippen molar-refractivity contribution in [1.29, 1.82) is 0 Å². The van der Waals surface area contributed by atoms with E-state index in [0.29, 0.717) is 43.5 Å². The zero-order valence-corrected chi connectivity index (χ0v) is 12.5. The van der Waals surface area contributed by atoms with Crippen LogP contribution >= 0.6 is 0 Å². The molecule has 0 saturated carbocycles. The minimum absolute atomic E-state index is 0.407. The number of morpholine rings is 1. The Labute approximate surface area is 131 Å². The van der Waals surface area contributed by atoms with Crippen LogP contribution in [0.3, 0.4) is 0 Å². The predicted octanol–water partition coefficient (Wildman–Crippen LogP) is 2.97. The zero-order chi connectivity index (χ0) is 16.4. The molecule has 0 amide bonds. The highest BCUT2D eigenvalue weighted by molar-refractivity contribution is 5.27. The Morgan fingerprint density at radius 1 is 1.35 bits per heavy atom. The largest absolute Gasteiger partial charge is 0.416 e. The maximum absolute atomic E-state index is 12.8. The van der Waals surface area contributed by atoms with Gasteiger partial charge in [-0.2, -0.15) is 18.2 Å². The number of aryl methyl sites for hydroxylation is 1. The van der Waals surface area contributed by atoms with Gasteiger partial charge in [-0.25, -0.2) is 0 Å². The second-order valence-corrected chi connectivity index (χ2v) is 5.45. The van der Waals surface area contributed by atoms with Crippen molar-refractivity contribution in [3.8, 4) is 0 Å². The Kier molecular flexibility index (Phi) is 4.36. The molecule has 1 saturated heterocycles. The summed E-state index contributed by atoms with van der Waals surface area (Å²) in [6, 6.07) is 5.26. The molecule has 2 aromatic rings. The summed E-state index contributed by atoms with van der Waals surface area (Å²) in [5.74, 6) is 1.05. The van der Waals surface area contributed by atoms with E-state index in [-0.39, 0.29) is 0 Å². The van der Waals surface area contributed by atoms with Crippen molar-refractivity contribution < 1.29 is 22.4 Å². The van der Waals surface area contributed by atoms with E-state index in [2.05, 4.69) is 10.1 Å². The summed E-state index contributed by atoms with van der Waals surface area (Å²) in [5.41, 5.74) is -0.144. The number of rotatable bonds is 3. The van der Waals surface area contributed by atoms with E-state index in [4.69, 9.17) is 9.26 Å². The maximum Gasteiger partial charge on any atom is 0.416 e. The van der Waals surface area contributed by atoms with Crippen LogP contribution < -0.4 is 0 Å². The van der Waals surface area contributed by atoms with Gasteiger partial charge in [0.1, 0.15) is 0 Å². The van der Waals surface area contributed by atoms with Crippen LogP contribution in [-0.2, 0) is 17.5 Å². The first-order valence-electron chi connectivity index (χ1n) is 7.22. The number of halogens is 3. The van der Waals surface area contributed by atoms with Crippen LogP contribution in [0.2, 0.25) is 0 Å². The molecule has 0 spiro atoms. The van der Waals surface area contributed by atoms with Crippen LogP contribution in [0, 0.1) is 6.92 Å². The number of nitrogens with zero attached hydrogens (tertiary/aromatic N) is 3. The number of ether oxygens (including phenoxy) is 1. The first-order valence-corrected chi connectivity index (χ1v) is 7.22.